The van der Waals surface area contributed by atoms with Crippen molar-refractivity contribution in [3.8, 4) is 5.75 Å². The fourth-order valence-electron chi connectivity index (χ4n) is 2.77. The minimum absolute atomic E-state index is 0.146. The first kappa shape index (κ1) is 21.8. The average Bonchev–Trinajstić information content (AvgIpc) is 2.66. The van der Waals surface area contributed by atoms with Gasteiger partial charge in [-0.2, -0.15) is 0 Å². The molecule has 1 unspecified atom stereocenters. The molecule has 28 heavy (non-hydrogen) atoms. The molecule has 0 saturated heterocycles. The predicted octanol–water partition coefficient (Wildman–Crippen LogP) is 3.89. The highest BCUT2D eigenvalue weighted by Crippen LogP contribution is 2.18. The van der Waals surface area contributed by atoms with Crippen molar-refractivity contribution in [2.75, 3.05) is 13.2 Å². The van der Waals surface area contributed by atoms with E-state index in [-0.39, 0.29) is 25.0 Å². The van der Waals surface area contributed by atoms with Crippen molar-refractivity contribution in [1.82, 2.24) is 10.2 Å². The molecule has 5 nitrogen and oxygen atoms in total. The molecule has 150 valence electrons. The van der Waals surface area contributed by atoms with Crippen LogP contribution < -0.4 is 10.1 Å². The molecule has 0 aliphatic carbocycles. The monoisotopic (exact) mass is 402 g/mol. The summed E-state index contributed by atoms with van der Waals surface area (Å²) in [6.45, 7) is 8.19. The number of ether oxygens (including phenoxy) is 1. The summed E-state index contributed by atoms with van der Waals surface area (Å²) in [5, 5.41) is 3.35. The van der Waals surface area contributed by atoms with Gasteiger partial charge in [0, 0.05) is 18.1 Å². The zero-order valence-electron chi connectivity index (χ0n) is 16.8. The van der Waals surface area contributed by atoms with Crippen molar-refractivity contribution in [2.24, 2.45) is 0 Å². The standard InChI is InChI=1S/C22H27ClN2O3/c1-5-24-22(27)17(4)25(13-18-7-6-8-19(23)12-18)21(26)14-28-20-10-9-15(2)16(3)11-20/h6-12,17H,5,13-14H2,1-4H3,(H,24,27). The highest BCUT2D eigenvalue weighted by molar-refractivity contribution is 6.30. The molecule has 0 radical (unpaired) electrons. The summed E-state index contributed by atoms with van der Waals surface area (Å²) < 4.78 is 5.69. The lowest BCUT2D eigenvalue weighted by Gasteiger charge is -2.28. The fraction of sp³-hybridized carbons (Fsp3) is 0.364. The maximum Gasteiger partial charge on any atom is 0.261 e. The first-order chi connectivity index (χ1) is 13.3. The number of carbonyl (C=O) groups is 2. The molecule has 0 fully saturated rings. The Morgan fingerprint density at radius 3 is 2.54 bits per heavy atom. The summed E-state index contributed by atoms with van der Waals surface area (Å²) in [6, 6.07) is 12.3. The Hall–Kier alpha value is -2.53. The number of nitrogens with one attached hydrogen (secondary N) is 1. The predicted molar refractivity (Wildman–Crippen MR) is 112 cm³/mol. The topological polar surface area (TPSA) is 58.6 Å². The van der Waals surface area contributed by atoms with Crippen LogP contribution in [0.5, 0.6) is 5.75 Å². The molecular formula is C22H27ClN2O3. The van der Waals surface area contributed by atoms with Gasteiger partial charge < -0.3 is 15.0 Å². The molecule has 2 aromatic rings. The Morgan fingerprint density at radius 2 is 1.89 bits per heavy atom. The zero-order chi connectivity index (χ0) is 20.7. The van der Waals surface area contributed by atoms with E-state index in [1.165, 1.54) is 4.90 Å². The van der Waals surface area contributed by atoms with Crippen LogP contribution in [0, 0.1) is 13.8 Å². The Kier molecular flexibility index (Phi) is 7.88. The lowest BCUT2D eigenvalue weighted by molar-refractivity contribution is -0.142. The largest absolute Gasteiger partial charge is 0.484 e. The highest BCUT2D eigenvalue weighted by atomic mass is 35.5. The van der Waals surface area contributed by atoms with E-state index in [2.05, 4.69) is 5.32 Å². The number of halogens is 1. The van der Waals surface area contributed by atoms with Gasteiger partial charge in [-0.05, 0) is 68.7 Å². The Bertz CT molecular complexity index is 838. The molecule has 0 spiro atoms. The number of likely N-dealkylation sites (N-methyl/N-ethyl adjacent to an activating group) is 1. The molecule has 0 aromatic heterocycles. The Labute approximate surface area is 171 Å². The van der Waals surface area contributed by atoms with E-state index in [4.69, 9.17) is 16.3 Å². The molecule has 0 bridgehead atoms. The summed E-state index contributed by atoms with van der Waals surface area (Å²) in [5.41, 5.74) is 3.10. The maximum atomic E-state index is 12.9. The van der Waals surface area contributed by atoms with E-state index in [0.29, 0.717) is 17.3 Å². The van der Waals surface area contributed by atoms with Crippen LogP contribution in [0.1, 0.15) is 30.5 Å². The van der Waals surface area contributed by atoms with Crippen molar-refractivity contribution < 1.29 is 14.3 Å². The molecule has 0 saturated carbocycles. The number of aryl methyl sites for hydroxylation is 2. The Morgan fingerprint density at radius 1 is 1.14 bits per heavy atom. The number of amides is 2. The zero-order valence-corrected chi connectivity index (χ0v) is 17.5. The first-order valence-electron chi connectivity index (χ1n) is 9.33. The summed E-state index contributed by atoms with van der Waals surface area (Å²) in [4.78, 5) is 26.7. The molecule has 1 atom stereocenters. The molecule has 6 heteroatoms. The number of hydrogen-bond donors (Lipinski definition) is 1. The van der Waals surface area contributed by atoms with Gasteiger partial charge in [-0.15, -0.1) is 0 Å². The van der Waals surface area contributed by atoms with Crippen molar-refractivity contribution in [3.63, 3.8) is 0 Å². The second-order valence-corrected chi connectivity index (χ2v) is 7.19. The summed E-state index contributed by atoms with van der Waals surface area (Å²) in [6.07, 6.45) is 0. The molecule has 0 aliphatic heterocycles. The SMILES string of the molecule is CCNC(=O)C(C)N(Cc1cccc(Cl)c1)C(=O)COc1ccc(C)c(C)c1. The smallest absolute Gasteiger partial charge is 0.261 e. The van der Waals surface area contributed by atoms with Gasteiger partial charge in [-0.1, -0.05) is 29.8 Å². The van der Waals surface area contributed by atoms with Crippen LogP contribution >= 0.6 is 11.6 Å². The summed E-state index contributed by atoms with van der Waals surface area (Å²) in [7, 11) is 0. The van der Waals surface area contributed by atoms with E-state index in [0.717, 1.165) is 16.7 Å². The average molecular weight is 403 g/mol. The van der Waals surface area contributed by atoms with Crippen LogP contribution in [0.4, 0.5) is 0 Å². The second kappa shape index (κ2) is 10.1. The molecular weight excluding hydrogens is 376 g/mol. The minimum Gasteiger partial charge on any atom is -0.484 e. The van der Waals surface area contributed by atoms with Gasteiger partial charge in [0.2, 0.25) is 5.91 Å². The minimum atomic E-state index is -0.630. The van der Waals surface area contributed by atoms with Crippen LogP contribution in [0.15, 0.2) is 42.5 Å². The number of benzene rings is 2. The van der Waals surface area contributed by atoms with E-state index < -0.39 is 6.04 Å². The van der Waals surface area contributed by atoms with Gasteiger partial charge in [0.1, 0.15) is 11.8 Å². The van der Waals surface area contributed by atoms with E-state index in [9.17, 15) is 9.59 Å². The van der Waals surface area contributed by atoms with Crippen LogP contribution in [0.2, 0.25) is 5.02 Å². The quantitative estimate of drug-likeness (QED) is 0.728. The highest BCUT2D eigenvalue weighted by Gasteiger charge is 2.26. The van der Waals surface area contributed by atoms with Gasteiger partial charge in [-0.25, -0.2) is 0 Å². The number of hydrogen-bond acceptors (Lipinski definition) is 3. The Balaban J connectivity index is 2.15. The van der Waals surface area contributed by atoms with Gasteiger partial charge in [0.15, 0.2) is 6.61 Å². The maximum absolute atomic E-state index is 12.9. The van der Waals surface area contributed by atoms with Gasteiger partial charge in [0.25, 0.3) is 5.91 Å². The van der Waals surface area contributed by atoms with Crippen LogP contribution in [0.3, 0.4) is 0 Å². The van der Waals surface area contributed by atoms with E-state index in [1.54, 1.807) is 19.1 Å². The fourth-order valence-corrected chi connectivity index (χ4v) is 2.98. The number of nitrogens with zero attached hydrogens (tertiary/aromatic N) is 1. The summed E-state index contributed by atoms with van der Waals surface area (Å²) in [5.74, 6) is 0.158. The third kappa shape index (κ3) is 5.99. The third-order valence-corrected chi connectivity index (χ3v) is 4.84. The molecule has 2 aromatic carbocycles. The van der Waals surface area contributed by atoms with Gasteiger partial charge in [0.05, 0.1) is 0 Å². The lowest BCUT2D eigenvalue weighted by Crippen LogP contribution is -2.49. The van der Waals surface area contributed by atoms with Crippen LogP contribution in [-0.2, 0) is 16.1 Å². The van der Waals surface area contributed by atoms with Crippen LogP contribution in [0.25, 0.3) is 0 Å². The lowest BCUT2D eigenvalue weighted by atomic mass is 10.1. The van der Waals surface area contributed by atoms with Crippen molar-refractivity contribution in [1.29, 1.82) is 0 Å². The normalized spacial score (nSPS) is 11.6. The van der Waals surface area contributed by atoms with Crippen molar-refractivity contribution in [2.45, 2.75) is 40.3 Å². The second-order valence-electron chi connectivity index (χ2n) is 6.76. The number of carbonyl (C=O) groups excluding carboxylic acids is 2. The third-order valence-electron chi connectivity index (χ3n) is 4.60. The van der Waals surface area contributed by atoms with E-state index in [1.807, 2.05) is 51.1 Å². The molecule has 1 N–H and O–H groups in total. The number of rotatable bonds is 8. The molecule has 0 heterocycles. The molecule has 2 amide bonds. The molecule has 0 aliphatic rings. The summed E-state index contributed by atoms with van der Waals surface area (Å²) >= 11 is 6.06. The van der Waals surface area contributed by atoms with Gasteiger partial charge in [-0.3, -0.25) is 9.59 Å². The molecule has 2 rings (SSSR count). The van der Waals surface area contributed by atoms with Gasteiger partial charge >= 0.3 is 0 Å². The van der Waals surface area contributed by atoms with Crippen molar-refractivity contribution in [3.05, 3.63) is 64.2 Å². The van der Waals surface area contributed by atoms with Crippen LogP contribution in [-0.4, -0.2) is 35.9 Å². The van der Waals surface area contributed by atoms with Crippen molar-refractivity contribution >= 4 is 23.4 Å². The van der Waals surface area contributed by atoms with E-state index >= 15 is 0 Å². The first-order valence-corrected chi connectivity index (χ1v) is 9.71.